The predicted molar refractivity (Wildman–Crippen MR) is 89.0 cm³/mol. The fourth-order valence-corrected chi connectivity index (χ4v) is 2.32. The lowest BCUT2D eigenvalue weighted by Crippen LogP contribution is -2.24. The lowest BCUT2D eigenvalue weighted by Gasteiger charge is -2.18. The first-order valence-corrected chi connectivity index (χ1v) is 7.67. The Morgan fingerprint density at radius 3 is 2.48 bits per heavy atom. The van der Waals surface area contributed by atoms with E-state index in [0.29, 0.717) is 6.61 Å². The maximum absolute atomic E-state index is 5.73. The summed E-state index contributed by atoms with van der Waals surface area (Å²) in [7, 11) is 3.78. The van der Waals surface area contributed by atoms with Crippen LogP contribution in [0.2, 0.25) is 0 Å². The van der Waals surface area contributed by atoms with Crippen LogP contribution in [0.5, 0.6) is 11.5 Å². The van der Waals surface area contributed by atoms with Gasteiger partial charge in [0.15, 0.2) is 0 Å². The first kappa shape index (κ1) is 15.9. The Labute approximate surface area is 134 Å². The molecule has 0 unspecified atom stereocenters. The highest BCUT2D eigenvalue weighted by Gasteiger charge is 2.05. The highest BCUT2D eigenvalue weighted by molar-refractivity contribution is 9.10. The maximum atomic E-state index is 5.73. The van der Waals surface area contributed by atoms with Gasteiger partial charge >= 0.3 is 0 Å². The van der Waals surface area contributed by atoms with Gasteiger partial charge in [0.1, 0.15) is 18.1 Å². The monoisotopic (exact) mass is 349 g/mol. The van der Waals surface area contributed by atoms with Gasteiger partial charge in [-0.2, -0.15) is 0 Å². The van der Waals surface area contributed by atoms with Crippen LogP contribution in [0.15, 0.2) is 53.0 Å². The molecule has 4 heteroatoms. The lowest BCUT2D eigenvalue weighted by molar-refractivity contribution is 0.231. The molecule has 0 aliphatic heterocycles. The number of likely N-dealkylation sites (N-methyl/N-ethyl adjacent to an activating group) is 1. The van der Waals surface area contributed by atoms with E-state index in [9.17, 15) is 0 Å². The molecule has 2 rings (SSSR count). The van der Waals surface area contributed by atoms with Gasteiger partial charge in [-0.1, -0.05) is 34.1 Å². The van der Waals surface area contributed by atoms with Crippen molar-refractivity contribution in [2.45, 2.75) is 6.54 Å². The number of nitrogens with zero attached hydrogens (tertiary/aromatic N) is 1. The second kappa shape index (κ2) is 8.05. The van der Waals surface area contributed by atoms with Gasteiger partial charge < -0.3 is 9.47 Å². The molecule has 0 fully saturated rings. The predicted octanol–water partition coefficient (Wildman–Crippen LogP) is 3.97. The van der Waals surface area contributed by atoms with Crippen molar-refractivity contribution in [3.63, 3.8) is 0 Å². The van der Waals surface area contributed by atoms with Gasteiger partial charge in [-0.15, -0.1) is 0 Å². The van der Waals surface area contributed by atoms with Gasteiger partial charge in [-0.05, 0) is 37.4 Å². The van der Waals surface area contributed by atoms with E-state index in [1.165, 1.54) is 5.56 Å². The highest BCUT2D eigenvalue weighted by atomic mass is 79.9. The number of rotatable bonds is 7. The van der Waals surface area contributed by atoms with Crippen molar-refractivity contribution in [3.8, 4) is 11.5 Å². The molecule has 3 nitrogen and oxygen atoms in total. The zero-order valence-electron chi connectivity index (χ0n) is 12.4. The second-order valence-corrected chi connectivity index (χ2v) is 5.77. The molecule has 0 heterocycles. The number of ether oxygens (including phenoxy) is 2. The van der Waals surface area contributed by atoms with Crippen molar-refractivity contribution in [1.82, 2.24) is 4.90 Å². The molecule has 0 aliphatic carbocycles. The second-order valence-electron chi connectivity index (χ2n) is 4.85. The van der Waals surface area contributed by atoms with Crippen molar-refractivity contribution in [3.05, 3.63) is 58.6 Å². The van der Waals surface area contributed by atoms with Crippen molar-refractivity contribution in [1.29, 1.82) is 0 Å². The minimum Gasteiger partial charge on any atom is -0.496 e. The molecule has 0 radical (unpaired) electrons. The largest absolute Gasteiger partial charge is 0.496 e. The van der Waals surface area contributed by atoms with Gasteiger partial charge in [-0.3, -0.25) is 4.90 Å². The summed E-state index contributed by atoms with van der Waals surface area (Å²) in [5.41, 5.74) is 1.19. The van der Waals surface area contributed by atoms with Crippen molar-refractivity contribution < 1.29 is 9.47 Å². The third-order valence-corrected chi connectivity index (χ3v) is 3.72. The number of hydrogen-bond acceptors (Lipinski definition) is 3. The Kier molecular flexibility index (Phi) is 6.08. The summed E-state index contributed by atoms with van der Waals surface area (Å²) in [6, 6.07) is 16.0. The molecule has 2 aromatic rings. The zero-order chi connectivity index (χ0) is 15.1. The standard InChI is InChI=1S/C17H20BrNO2/c1-19(13-14-5-3-4-6-17(14)20-2)11-12-21-16-9-7-15(18)8-10-16/h3-10H,11-13H2,1-2H3. The third kappa shape index (κ3) is 5.06. The van der Waals surface area contributed by atoms with E-state index in [1.54, 1.807) is 7.11 Å². The van der Waals surface area contributed by atoms with Crippen molar-refractivity contribution in [2.75, 3.05) is 27.3 Å². The molecule has 0 amide bonds. The van der Waals surface area contributed by atoms with Crippen LogP contribution in [0.25, 0.3) is 0 Å². The minimum atomic E-state index is 0.660. The molecule has 0 aliphatic rings. The molecule has 0 spiro atoms. The van der Waals surface area contributed by atoms with Crippen LogP contribution in [0.1, 0.15) is 5.56 Å². The number of methoxy groups -OCH3 is 1. The Balaban J connectivity index is 1.79. The van der Waals surface area contributed by atoms with Crippen LogP contribution in [0, 0.1) is 0 Å². The van der Waals surface area contributed by atoms with E-state index >= 15 is 0 Å². The molecule has 0 saturated carbocycles. The van der Waals surface area contributed by atoms with E-state index in [0.717, 1.165) is 29.1 Å². The van der Waals surface area contributed by atoms with Crippen molar-refractivity contribution in [2.24, 2.45) is 0 Å². The number of para-hydroxylation sites is 1. The highest BCUT2D eigenvalue weighted by Crippen LogP contribution is 2.19. The first-order valence-electron chi connectivity index (χ1n) is 6.88. The van der Waals surface area contributed by atoms with Gasteiger partial charge in [0, 0.05) is 23.1 Å². The SMILES string of the molecule is COc1ccccc1CN(C)CCOc1ccc(Br)cc1. The quantitative estimate of drug-likeness (QED) is 0.754. The Hall–Kier alpha value is -1.52. The topological polar surface area (TPSA) is 21.7 Å². The summed E-state index contributed by atoms with van der Waals surface area (Å²) >= 11 is 3.41. The van der Waals surface area contributed by atoms with E-state index in [2.05, 4.69) is 33.9 Å². The van der Waals surface area contributed by atoms with Gasteiger partial charge in [0.2, 0.25) is 0 Å². The van der Waals surface area contributed by atoms with Crippen LogP contribution in [-0.2, 0) is 6.54 Å². The van der Waals surface area contributed by atoms with Crippen LogP contribution >= 0.6 is 15.9 Å². The van der Waals surface area contributed by atoms with Gasteiger partial charge in [0.25, 0.3) is 0 Å². The number of hydrogen-bond donors (Lipinski definition) is 0. The van der Waals surface area contributed by atoms with Crippen molar-refractivity contribution >= 4 is 15.9 Å². The van der Waals surface area contributed by atoms with Crippen LogP contribution in [0.3, 0.4) is 0 Å². The Morgan fingerprint density at radius 2 is 1.76 bits per heavy atom. The molecule has 21 heavy (non-hydrogen) atoms. The van der Waals surface area contributed by atoms with Gasteiger partial charge in [-0.25, -0.2) is 0 Å². The Bertz CT molecular complexity index is 557. The molecule has 0 N–H and O–H groups in total. The minimum absolute atomic E-state index is 0.660. The summed E-state index contributed by atoms with van der Waals surface area (Å²) in [5, 5.41) is 0. The summed E-state index contributed by atoms with van der Waals surface area (Å²) in [6.07, 6.45) is 0. The number of benzene rings is 2. The van der Waals surface area contributed by atoms with E-state index in [-0.39, 0.29) is 0 Å². The molecule has 0 saturated heterocycles. The summed E-state index contributed by atoms with van der Waals surface area (Å²) in [4.78, 5) is 2.22. The summed E-state index contributed by atoms with van der Waals surface area (Å²) in [6.45, 7) is 2.36. The number of halogens is 1. The van der Waals surface area contributed by atoms with E-state index in [4.69, 9.17) is 9.47 Å². The summed E-state index contributed by atoms with van der Waals surface area (Å²) < 4.78 is 12.2. The first-order chi connectivity index (χ1) is 10.2. The smallest absolute Gasteiger partial charge is 0.123 e. The summed E-state index contributed by atoms with van der Waals surface area (Å²) in [5.74, 6) is 1.82. The fourth-order valence-electron chi connectivity index (χ4n) is 2.05. The molecular formula is C17H20BrNO2. The van der Waals surface area contributed by atoms with Crippen LogP contribution < -0.4 is 9.47 Å². The van der Waals surface area contributed by atoms with Gasteiger partial charge in [0.05, 0.1) is 7.11 Å². The molecule has 112 valence electrons. The molecular weight excluding hydrogens is 330 g/mol. The average Bonchev–Trinajstić information content (AvgIpc) is 2.50. The Morgan fingerprint density at radius 1 is 1.05 bits per heavy atom. The van der Waals surface area contributed by atoms with Crippen LogP contribution in [0.4, 0.5) is 0 Å². The average molecular weight is 350 g/mol. The normalized spacial score (nSPS) is 10.7. The molecule has 0 aromatic heterocycles. The fraction of sp³-hybridized carbons (Fsp3) is 0.294. The molecule has 2 aromatic carbocycles. The van der Waals surface area contributed by atoms with Crippen LogP contribution in [-0.4, -0.2) is 32.2 Å². The van der Waals surface area contributed by atoms with E-state index < -0.39 is 0 Å². The lowest BCUT2D eigenvalue weighted by atomic mass is 10.2. The molecule has 0 bridgehead atoms. The molecule has 0 atom stereocenters. The maximum Gasteiger partial charge on any atom is 0.123 e. The third-order valence-electron chi connectivity index (χ3n) is 3.19. The zero-order valence-corrected chi connectivity index (χ0v) is 14.0. The van der Waals surface area contributed by atoms with E-state index in [1.807, 2.05) is 42.5 Å².